The molecule has 22 heavy (non-hydrogen) atoms. The Hall–Kier alpha value is -1.52. The van der Waals surface area contributed by atoms with Gasteiger partial charge in [0.2, 0.25) is 0 Å². The van der Waals surface area contributed by atoms with E-state index in [2.05, 4.69) is 31.2 Å². The van der Waals surface area contributed by atoms with Crippen molar-refractivity contribution in [2.24, 2.45) is 11.3 Å². The Labute approximate surface area is 133 Å². The quantitative estimate of drug-likeness (QED) is 0.928. The topological polar surface area (TPSA) is 50.2 Å². The van der Waals surface area contributed by atoms with Crippen LogP contribution in [0.15, 0.2) is 12.3 Å². The van der Waals surface area contributed by atoms with Gasteiger partial charge in [-0.05, 0) is 56.9 Å². The normalized spacial score (nSPS) is 21.2. The smallest absolute Gasteiger partial charge is 0.317 e. The van der Waals surface area contributed by atoms with Crippen molar-refractivity contribution < 1.29 is 4.79 Å². The summed E-state index contributed by atoms with van der Waals surface area (Å²) in [6.07, 6.45) is 7.04. The van der Waals surface area contributed by atoms with Gasteiger partial charge in [0.25, 0.3) is 0 Å². The van der Waals surface area contributed by atoms with Gasteiger partial charge in [-0.3, -0.25) is 4.68 Å². The number of amides is 2. The van der Waals surface area contributed by atoms with E-state index < -0.39 is 0 Å². The van der Waals surface area contributed by atoms with Crippen LogP contribution in [0.3, 0.4) is 0 Å². The molecule has 0 spiro atoms. The largest absolute Gasteiger partial charge is 0.332 e. The SMILES string of the molecule is CC(C)n1ccc(CNC(=O)N2CCC(C)(C3CC3)CC2)n1. The van der Waals surface area contributed by atoms with Crippen molar-refractivity contribution in [3.05, 3.63) is 18.0 Å². The zero-order chi connectivity index (χ0) is 15.7. The van der Waals surface area contributed by atoms with Crippen molar-refractivity contribution in [1.82, 2.24) is 20.0 Å². The number of piperidine rings is 1. The van der Waals surface area contributed by atoms with Crippen LogP contribution in [0.5, 0.6) is 0 Å². The third-order valence-electron chi connectivity index (χ3n) is 5.37. The molecule has 1 aliphatic carbocycles. The Bertz CT molecular complexity index is 525. The predicted molar refractivity (Wildman–Crippen MR) is 86.5 cm³/mol. The van der Waals surface area contributed by atoms with Crippen molar-refractivity contribution in [2.45, 2.75) is 59.0 Å². The third kappa shape index (κ3) is 3.28. The lowest BCUT2D eigenvalue weighted by Gasteiger charge is -2.39. The molecule has 1 saturated carbocycles. The molecule has 2 fully saturated rings. The molecule has 1 aromatic rings. The first kappa shape index (κ1) is 15.4. The molecule has 3 rings (SSSR count). The summed E-state index contributed by atoms with van der Waals surface area (Å²) in [4.78, 5) is 14.3. The van der Waals surface area contributed by atoms with Gasteiger partial charge < -0.3 is 10.2 Å². The summed E-state index contributed by atoms with van der Waals surface area (Å²) in [5.41, 5.74) is 1.40. The molecule has 2 amide bonds. The summed E-state index contributed by atoms with van der Waals surface area (Å²) < 4.78 is 1.92. The van der Waals surface area contributed by atoms with E-state index in [0.717, 1.165) is 37.5 Å². The Morgan fingerprint density at radius 2 is 2.09 bits per heavy atom. The number of carbonyl (C=O) groups excluding carboxylic acids is 1. The summed E-state index contributed by atoms with van der Waals surface area (Å²) in [7, 11) is 0. The van der Waals surface area contributed by atoms with Crippen molar-refractivity contribution >= 4 is 6.03 Å². The third-order valence-corrected chi connectivity index (χ3v) is 5.37. The molecule has 122 valence electrons. The van der Waals surface area contributed by atoms with Gasteiger partial charge in [0.15, 0.2) is 0 Å². The first-order valence-electron chi connectivity index (χ1n) is 8.55. The minimum atomic E-state index is 0.0527. The van der Waals surface area contributed by atoms with Gasteiger partial charge in [-0.2, -0.15) is 5.10 Å². The molecular formula is C17H28N4O. The average Bonchev–Trinajstić information content (AvgIpc) is 3.25. The number of carbonyl (C=O) groups is 1. The number of rotatable bonds is 4. The number of nitrogens with zero attached hydrogens (tertiary/aromatic N) is 3. The van der Waals surface area contributed by atoms with Gasteiger partial charge >= 0.3 is 6.03 Å². The fourth-order valence-electron chi connectivity index (χ4n) is 3.45. The van der Waals surface area contributed by atoms with Gasteiger partial charge in [0.05, 0.1) is 12.2 Å². The van der Waals surface area contributed by atoms with E-state index in [1.807, 2.05) is 21.8 Å². The molecule has 1 aromatic heterocycles. The molecule has 2 aliphatic rings. The highest BCUT2D eigenvalue weighted by atomic mass is 16.2. The summed E-state index contributed by atoms with van der Waals surface area (Å²) in [5.74, 6) is 0.915. The van der Waals surface area contributed by atoms with Crippen LogP contribution in [-0.4, -0.2) is 33.8 Å². The highest BCUT2D eigenvalue weighted by molar-refractivity contribution is 5.74. The Balaban J connectivity index is 1.46. The maximum Gasteiger partial charge on any atom is 0.317 e. The number of aromatic nitrogens is 2. The summed E-state index contributed by atoms with van der Waals surface area (Å²) in [6.45, 7) is 8.88. The van der Waals surface area contributed by atoms with E-state index in [1.165, 1.54) is 12.8 Å². The predicted octanol–water partition coefficient (Wildman–Crippen LogP) is 3.19. The summed E-state index contributed by atoms with van der Waals surface area (Å²) in [6, 6.07) is 2.38. The molecule has 0 unspecified atom stereocenters. The molecule has 1 saturated heterocycles. The van der Waals surface area contributed by atoms with Crippen LogP contribution in [0.4, 0.5) is 4.79 Å². The van der Waals surface area contributed by atoms with Crippen LogP contribution in [0.2, 0.25) is 0 Å². The molecule has 1 aliphatic heterocycles. The van der Waals surface area contributed by atoms with E-state index in [1.54, 1.807) is 0 Å². The molecule has 0 aromatic carbocycles. The molecule has 0 radical (unpaired) electrons. The number of likely N-dealkylation sites (tertiary alicyclic amines) is 1. The van der Waals surface area contributed by atoms with Gasteiger partial charge in [0.1, 0.15) is 0 Å². The molecule has 2 heterocycles. The fourth-order valence-corrected chi connectivity index (χ4v) is 3.45. The second-order valence-electron chi connectivity index (χ2n) is 7.45. The second kappa shape index (κ2) is 5.94. The zero-order valence-electron chi connectivity index (χ0n) is 14.0. The molecular weight excluding hydrogens is 276 g/mol. The van der Waals surface area contributed by atoms with Crippen LogP contribution in [0.25, 0.3) is 0 Å². The van der Waals surface area contributed by atoms with Gasteiger partial charge in [-0.25, -0.2) is 4.79 Å². The number of hydrogen-bond donors (Lipinski definition) is 1. The highest BCUT2D eigenvalue weighted by Crippen LogP contribution is 2.51. The molecule has 0 atom stereocenters. The Morgan fingerprint density at radius 3 is 2.64 bits per heavy atom. The van der Waals surface area contributed by atoms with Crippen LogP contribution >= 0.6 is 0 Å². The maximum atomic E-state index is 12.3. The highest BCUT2D eigenvalue weighted by Gasteiger charge is 2.43. The lowest BCUT2D eigenvalue weighted by molar-refractivity contribution is 0.112. The maximum absolute atomic E-state index is 12.3. The van der Waals surface area contributed by atoms with Crippen LogP contribution < -0.4 is 5.32 Å². The van der Waals surface area contributed by atoms with E-state index in [0.29, 0.717) is 18.0 Å². The average molecular weight is 304 g/mol. The van der Waals surface area contributed by atoms with Crippen molar-refractivity contribution in [2.75, 3.05) is 13.1 Å². The van der Waals surface area contributed by atoms with Crippen molar-refractivity contribution in [3.63, 3.8) is 0 Å². The number of urea groups is 1. The Morgan fingerprint density at radius 1 is 1.41 bits per heavy atom. The van der Waals surface area contributed by atoms with E-state index in [9.17, 15) is 4.79 Å². The van der Waals surface area contributed by atoms with Gasteiger partial charge in [0, 0.05) is 25.3 Å². The summed E-state index contributed by atoms with van der Waals surface area (Å²) >= 11 is 0. The van der Waals surface area contributed by atoms with Gasteiger partial charge in [-0.1, -0.05) is 6.92 Å². The van der Waals surface area contributed by atoms with Crippen molar-refractivity contribution in [3.8, 4) is 0 Å². The molecule has 5 nitrogen and oxygen atoms in total. The van der Waals surface area contributed by atoms with E-state index >= 15 is 0 Å². The molecule has 5 heteroatoms. The second-order valence-corrected chi connectivity index (χ2v) is 7.45. The summed E-state index contributed by atoms with van der Waals surface area (Å²) in [5, 5.41) is 7.47. The van der Waals surface area contributed by atoms with Crippen LogP contribution in [0.1, 0.15) is 58.2 Å². The molecule has 1 N–H and O–H groups in total. The molecule has 0 bridgehead atoms. The zero-order valence-corrected chi connectivity index (χ0v) is 14.0. The number of hydrogen-bond acceptors (Lipinski definition) is 2. The Kier molecular flexibility index (Phi) is 4.15. The standard InChI is InChI=1S/C17H28N4O/c1-13(2)21-9-6-15(19-21)12-18-16(22)20-10-7-17(3,8-11-20)14-4-5-14/h6,9,13-14H,4-5,7-8,10-12H2,1-3H3,(H,18,22). The number of nitrogens with one attached hydrogen (secondary N) is 1. The first-order valence-corrected chi connectivity index (χ1v) is 8.55. The van der Waals surface area contributed by atoms with E-state index in [4.69, 9.17) is 0 Å². The van der Waals surface area contributed by atoms with Crippen molar-refractivity contribution in [1.29, 1.82) is 0 Å². The lowest BCUT2D eigenvalue weighted by Crippen LogP contribution is -2.47. The van der Waals surface area contributed by atoms with E-state index in [-0.39, 0.29) is 6.03 Å². The minimum absolute atomic E-state index is 0.0527. The lowest BCUT2D eigenvalue weighted by atomic mass is 9.76. The van der Waals surface area contributed by atoms with Gasteiger partial charge in [-0.15, -0.1) is 0 Å². The first-order chi connectivity index (χ1) is 10.5. The fraction of sp³-hybridized carbons (Fsp3) is 0.765. The van der Waals surface area contributed by atoms with Crippen LogP contribution in [0, 0.1) is 11.3 Å². The minimum Gasteiger partial charge on any atom is -0.332 e. The monoisotopic (exact) mass is 304 g/mol. The van der Waals surface area contributed by atoms with Crippen LogP contribution in [-0.2, 0) is 6.54 Å².